The fourth-order valence-electron chi connectivity index (χ4n) is 1.96. The molecule has 1 heterocycles. The molecule has 0 saturated carbocycles. The summed E-state index contributed by atoms with van der Waals surface area (Å²) < 4.78 is 37.3. The van der Waals surface area contributed by atoms with E-state index < -0.39 is 11.6 Å². The van der Waals surface area contributed by atoms with E-state index in [1.165, 1.54) is 6.07 Å². The zero-order chi connectivity index (χ0) is 13.7. The maximum absolute atomic E-state index is 13.4. The highest BCUT2D eigenvalue weighted by atomic mass is 79.9. The van der Waals surface area contributed by atoms with Gasteiger partial charge in [0, 0.05) is 25.8 Å². The Bertz CT molecular complexity index is 402. The summed E-state index contributed by atoms with van der Waals surface area (Å²) in [4.78, 5) is 0. The lowest BCUT2D eigenvalue weighted by molar-refractivity contribution is 0.109. The van der Waals surface area contributed by atoms with Crippen LogP contribution >= 0.6 is 15.9 Å². The van der Waals surface area contributed by atoms with Crippen LogP contribution in [0.25, 0.3) is 0 Å². The molecule has 1 aliphatic rings. The number of halogens is 3. The van der Waals surface area contributed by atoms with Gasteiger partial charge in [0.05, 0.1) is 10.6 Å². The topological polar surface area (TPSA) is 30.5 Å². The van der Waals surface area contributed by atoms with Gasteiger partial charge < -0.3 is 14.8 Å². The van der Waals surface area contributed by atoms with E-state index in [2.05, 4.69) is 21.2 Å². The number of rotatable bonds is 6. The van der Waals surface area contributed by atoms with Crippen molar-refractivity contribution in [1.82, 2.24) is 5.32 Å². The SMILES string of the molecule is Fc1cc(F)c(OCCNCC2CCCO2)c(Br)c1. The predicted octanol–water partition coefficient (Wildman–Crippen LogP) is 2.87. The molecule has 1 unspecified atom stereocenters. The molecule has 0 aliphatic carbocycles. The van der Waals surface area contributed by atoms with Crippen LogP contribution in [-0.4, -0.2) is 32.4 Å². The summed E-state index contributed by atoms with van der Waals surface area (Å²) in [6, 6.07) is 1.98. The van der Waals surface area contributed by atoms with Crippen molar-refractivity contribution >= 4 is 15.9 Å². The van der Waals surface area contributed by atoms with E-state index in [4.69, 9.17) is 9.47 Å². The second-order valence-corrected chi connectivity index (χ2v) is 5.24. The van der Waals surface area contributed by atoms with Crippen molar-refractivity contribution in [3.05, 3.63) is 28.2 Å². The summed E-state index contributed by atoms with van der Waals surface area (Å²) in [5.41, 5.74) is 0. The van der Waals surface area contributed by atoms with Crippen molar-refractivity contribution in [3.63, 3.8) is 0 Å². The first-order valence-electron chi connectivity index (χ1n) is 6.26. The molecule has 6 heteroatoms. The van der Waals surface area contributed by atoms with Crippen molar-refractivity contribution in [1.29, 1.82) is 0 Å². The van der Waals surface area contributed by atoms with Crippen LogP contribution in [0.3, 0.4) is 0 Å². The van der Waals surface area contributed by atoms with Crippen molar-refractivity contribution < 1.29 is 18.3 Å². The Labute approximate surface area is 119 Å². The first kappa shape index (κ1) is 14.7. The van der Waals surface area contributed by atoms with Gasteiger partial charge in [0.25, 0.3) is 0 Å². The van der Waals surface area contributed by atoms with Crippen LogP contribution < -0.4 is 10.1 Å². The second-order valence-electron chi connectivity index (χ2n) is 4.39. The maximum Gasteiger partial charge on any atom is 0.169 e. The molecular weight excluding hydrogens is 320 g/mol. The number of benzene rings is 1. The minimum absolute atomic E-state index is 0.0420. The Morgan fingerprint density at radius 2 is 2.26 bits per heavy atom. The van der Waals surface area contributed by atoms with Crippen LogP contribution in [0.1, 0.15) is 12.8 Å². The molecule has 1 saturated heterocycles. The van der Waals surface area contributed by atoms with Crippen LogP contribution in [0.2, 0.25) is 0 Å². The first-order chi connectivity index (χ1) is 9.16. The average molecular weight is 336 g/mol. The van der Waals surface area contributed by atoms with Gasteiger partial charge in [-0.25, -0.2) is 8.78 Å². The molecule has 2 rings (SSSR count). The Hall–Kier alpha value is -0.720. The van der Waals surface area contributed by atoms with Gasteiger partial charge in [0.2, 0.25) is 0 Å². The molecule has 0 aromatic heterocycles. The van der Waals surface area contributed by atoms with Crippen LogP contribution in [-0.2, 0) is 4.74 Å². The third-order valence-electron chi connectivity index (χ3n) is 2.88. The van der Waals surface area contributed by atoms with Gasteiger partial charge in [-0.3, -0.25) is 0 Å². The molecule has 1 N–H and O–H groups in total. The zero-order valence-corrected chi connectivity index (χ0v) is 12.0. The lowest BCUT2D eigenvalue weighted by atomic mass is 10.2. The molecule has 1 aromatic carbocycles. The number of nitrogens with one attached hydrogen (secondary N) is 1. The highest BCUT2D eigenvalue weighted by Gasteiger charge is 2.14. The molecule has 3 nitrogen and oxygen atoms in total. The Kier molecular flexibility index (Phi) is 5.54. The highest BCUT2D eigenvalue weighted by molar-refractivity contribution is 9.10. The smallest absolute Gasteiger partial charge is 0.169 e. The van der Waals surface area contributed by atoms with Gasteiger partial charge in [0.1, 0.15) is 12.4 Å². The lowest BCUT2D eigenvalue weighted by Crippen LogP contribution is -2.29. The van der Waals surface area contributed by atoms with Gasteiger partial charge in [-0.15, -0.1) is 0 Å². The molecule has 1 fully saturated rings. The molecule has 0 spiro atoms. The summed E-state index contributed by atoms with van der Waals surface area (Å²) in [6.45, 7) is 2.50. The van der Waals surface area contributed by atoms with Gasteiger partial charge in [-0.2, -0.15) is 0 Å². The van der Waals surface area contributed by atoms with Gasteiger partial charge >= 0.3 is 0 Å². The summed E-state index contributed by atoms with van der Waals surface area (Å²) >= 11 is 3.08. The molecule has 19 heavy (non-hydrogen) atoms. The summed E-state index contributed by atoms with van der Waals surface area (Å²) in [5, 5.41) is 3.19. The van der Waals surface area contributed by atoms with Gasteiger partial charge in [-0.05, 0) is 34.8 Å². The fourth-order valence-corrected chi connectivity index (χ4v) is 2.48. The Morgan fingerprint density at radius 1 is 1.42 bits per heavy atom. The van der Waals surface area contributed by atoms with Crippen LogP contribution in [0.5, 0.6) is 5.75 Å². The van der Waals surface area contributed by atoms with Crippen LogP contribution in [0.4, 0.5) is 8.78 Å². The summed E-state index contributed by atoms with van der Waals surface area (Å²) in [5.74, 6) is -1.29. The van der Waals surface area contributed by atoms with E-state index in [-0.39, 0.29) is 16.3 Å². The average Bonchev–Trinajstić information content (AvgIpc) is 2.84. The maximum atomic E-state index is 13.4. The summed E-state index contributed by atoms with van der Waals surface area (Å²) in [6.07, 6.45) is 2.46. The minimum atomic E-state index is -0.703. The molecule has 1 aliphatic heterocycles. The monoisotopic (exact) mass is 335 g/mol. The summed E-state index contributed by atoms with van der Waals surface area (Å²) in [7, 11) is 0. The van der Waals surface area contributed by atoms with E-state index in [1.54, 1.807) is 0 Å². The van der Waals surface area contributed by atoms with Gasteiger partial charge in [-0.1, -0.05) is 0 Å². The largest absolute Gasteiger partial charge is 0.488 e. The molecule has 106 valence electrons. The number of hydrogen-bond acceptors (Lipinski definition) is 3. The third-order valence-corrected chi connectivity index (χ3v) is 3.47. The minimum Gasteiger partial charge on any atom is -0.488 e. The Morgan fingerprint density at radius 3 is 2.95 bits per heavy atom. The molecule has 0 radical (unpaired) electrons. The number of ether oxygens (including phenoxy) is 2. The predicted molar refractivity (Wildman–Crippen MR) is 71.4 cm³/mol. The second kappa shape index (κ2) is 7.17. The fraction of sp³-hybridized carbons (Fsp3) is 0.538. The van der Waals surface area contributed by atoms with E-state index >= 15 is 0 Å². The molecule has 1 aromatic rings. The normalized spacial score (nSPS) is 18.8. The molecule has 0 bridgehead atoms. The third kappa shape index (κ3) is 4.40. The highest BCUT2D eigenvalue weighted by Crippen LogP contribution is 2.29. The van der Waals surface area contributed by atoms with E-state index in [9.17, 15) is 8.78 Å². The molecule has 0 amide bonds. The van der Waals surface area contributed by atoms with Crippen molar-refractivity contribution in [2.24, 2.45) is 0 Å². The zero-order valence-electron chi connectivity index (χ0n) is 10.4. The van der Waals surface area contributed by atoms with Crippen molar-refractivity contribution in [2.75, 3.05) is 26.3 Å². The van der Waals surface area contributed by atoms with E-state index in [0.717, 1.165) is 32.1 Å². The lowest BCUT2D eigenvalue weighted by Gasteiger charge is -2.12. The van der Waals surface area contributed by atoms with Crippen molar-refractivity contribution in [3.8, 4) is 5.75 Å². The molecule has 1 atom stereocenters. The van der Waals surface area contributed by atoms with E-state index in [1.807, 2.05) is 0 Å². The first-order valence-corrected chi connectivity index (χ1v) is 7.06. The van der Waals surface area contributed by atoms with Crippen LogP contribution in [0.15, 0.2) is 16.6 Å². The molecular formula is C13H16BrF2NO2. The van der Waals surface area contributed by atoms with Crippen LogP contribution in [0, 0.1) is 11.6 Å². The van der Waals surface area contributed by atoms with Gasteiger partial charge in [0.15, 0.2) is 11.6 Å². The van der Waals surface area contributed by atoms with Crippen molar-refractivity contribution in [2.45, 2.75) is 18.9 Å². The van der Waals surface area contributed by atoms with E-state index in [0.29, 0.717) is 13.2 Å². The quantitative estimate of drug-likeness (QED) is 0.811. The Balaban J connectivity index is 1.70. The number of hydrogen-bond donors (Lipinski definition) is 1. The standard InChI is InChI=1S/C13H16BrF2NO2/c14-11-6-9(15)7-12(16)13(11)19-5-3-17-8-10-2-1-4-18-10/h6-7,10,17H,1-5,8H2.